The lowest BCUT2D eigenvalue weighted by molar-refractivity contribution is 0.0941. The largest absolute Gasteiger partial charge is 0.350 e. The van der Waals surface area contributed by atoms with Crippen molar-refractivity contribution >= 4 is 29.9 Å². The molecule has 29 heavy (non-hydrogen) atoms. The number of piperidine rings is 1. The molecule has 3 rings (SSSR count). The molecule has 0 aliphatic carbocycles. The van der Waals surface area contributed by atoms with Crippen molar-refractivity contribution in [2.45, 2.75) is 52.6 Å². The molecule has 2 aromatic rings. The van der Waals surface area contributed by atoms with Gasteiger partial charge in [0.15, 0.2) is 5.69 Å². The molecule has 2 amide bonds. The first-order valence-corrected chi connectivity index (χ1v) is 9.72. The fourth-order valence-corrected chi connectivity index (χ4v) is 3.42. The number of hydrogen-bond donors (Lipinski definition) is 3. The predicted molar refractivity (Wildman–Crippen MR) is 115 cm³/mol. The molecule has 3 N–H and O–H groups in total. The van der Waals surface area contributed by atoms with Crippen molar-refractivity contribution in [2.75, 3.05) is 18.4 Å². The number of amides is 2. The number of rotatable bonds is 5. The first kappa shape index (κ1) is 22.8. The number of benzene rings is 1. The van der Waals surface area contributed by atoms with Gasteiger partial charge in [-0.3, -0.25) is 9.59 Å². The topological polar surface area (TPSA) is 101 Å². The van der Waals surface area contributed by atoms with E-state index < -0.39 is 0 Å². The molecule has 0 atom stereocenters. The predicted octanol–water partition coefficient (Wildman–Crippen LogP) is 2.63. The number of anilines is 1. The smallest absolute Gasteiger partial charge is 0.278 e. The Morgan fingerprint density at radius 2 is 1.86 bits per heavy atom. The van der Waals surface area contributed by atoms with Crippen molar-refractivity contribution in [3.8, 4) is 0 Å². The standard InChI is InChI=1S/C20H28N6O2.ClH/c1-12(2)22-19(27)17-11-15(6-5-13(17)3)23-20(28)18-14(4)26(25-24-18)16-7-9-21-10-8-16;/h5-6,11-12,16,21H,7-10H2,1-4H3,(H,22,27)(H,23,28);1H. The second-order valence-electron chi connectivity index (χ2n) is 7.56. The number of carbonyl (C=O) groups excluding carboxylic acids is 2. The molecule has 0 radical (unpaired) electrons. The lowest BCUT2D eigenvalue weighted by Gasteiger charge is -2.23. The van der Waals surface area contributed by atoms with Gasteiger partial charge < -0.3 is 16.0 Å². The highest BCUT2D eigenvalue weighted by Crippen LogP contribution is 2.21. The number of nitrogens with zero attached hydrogens (tertiary/aromatic N) is 3. The van der Waals surface area contributed by atoms with E-state index in [0.717, 1.165) is 37.2 Å². The molecule has 1 aromatic carbocycles. The van der Waals surface area contributed by atoms with E-state index in [-0.39, 0.29) is 36.3 Å². The zero-order valence-corrected chi connectivity index (χ0v) is 18.1. The van der Waals surface area contributed by atoms with E-state index >= 15 is 0 Å². The zero-order chi connectivity index (χ0) is 20.3. The molecule has 0 unspecified atom stereocenters. The van der Waals surface area contributed by atoms with Crippen LogP contribution in [0.5, 0.6) is 0 Å². The van der Waals surface area contributed by atoms with E-state index in [1.54, 1.807) is 12.1 Å². The number of nitrogens with one attached hydrogen (secondary N) is 3. The van der Waals surface area contributed by atoms with Crippen LogP contribution in [-0.4, -0.2) is 45.9 Å². The van der Waals surface area contributed by atoms with Crippen molar-refractivity contribution < 1.29 is 9.59 Å². The van der Waals surface area contributed by atoms with Crippen LogP contribution in [0.15, 0.2) is 18.2 Å². The summed E-state index contributed by atoms with van der Waals surface area (Å²) >= 11 is 0. The minimum Gasteiger partial charge on any atom is -0.350 e. The summed E-state index contributed by atoms with van der Waals surface area (Å²) in [6, 6.07) is 5.60. The molecule has 0 bridgehead atoms. The molecule has 8 nitrogen and oxygen atoms in total. The number of aromatic nitrogens is 3. The Bertz CT molecular complexity index is 874. The van der Waals surface area contributed by atoms with Gasteiger partial charge in [-0.05, 0) is 71.3 Å². The van der Waals surface area contributed by atoms with Gasteiger partial charge in [0.05, 0.1) is 11.7 Å². The molecule has 9 heteroatoms. The highest BCUT2D eigenvalue weighted by molar-refractivity contribution is 6.04. The van der Waals surface area contributed by atoms with Gasteiger partial charge in [-0.25, -0.2) is 4.68 Å². The van der Waals surface area contributed by atoms with E-state index in [0.29, 0.717) is 16.9 Å². The highest BCUT2D eigenvalue weighted by Gasteiger charge is 2.23. The van der Waals surface area contributed by atoms with E-state index in [1.165, 1.54) is 0 Å². The van der Waals surface area contributed by atoms with Crippen molar-refractivity contribution in [3.05, 3.63) is 40.7 Å². The lowest BCUT2D eigenvalue weighted by Crippen LogP contribution is -2.30. The third-order valence-electron chi connectivity index (χ3n) is 4.96. The molecular formula is C20H29ClN6O2. The van der Waals surface area contributed by atoms with Gasteiger partial charge in [0.1, 0.15) is 0 Å². The minimum atomic E-state index is -0.322. The van der Waals surface area contributed by atoms with Crippen molar-refractivity contribution in [1.29, 1.82) is 0 Å². The maximum atomic E-state index is 12.7. The van der Waals surface area contributed by atoms with Gasteiger partial charge in [-0.15, -0.1) is 17.5 Å². The average Bonchev–Trinajstić information content (AvgIpc) is 3.05. The monoisotopic (exact) mass is 420 g/mol. The fraction of sp³-hybridized carbons (Fsp3) is 0.500. The van der Waals surface area contributed by atoms with Gasteiger partial charge in [0.25, 0.3) is 11.8 Å². The second kappa shape index (κ2) is 9.84. The Balaban J connectivity index is 0.00000300. The summed E-state index contributed by atoms with van der Waals surface area (Å²) in [6.45, 7) is 9.44. The van der Waals surface area contributed by atoms with Crippen molar-refractivity contribution in [2.24, 2.45) is 0 Å². The number of hydrogen-bond acceptors (Lipinski definition) is 5. The van der Waals surface area contributed by atoms with Crippen molar-refractivity contribution in [1.82, 2.24) is 25.6 Å². The van der Waals surface area contributed by atoms with Crippen LogP contribution in [0.1, 0.15) is 64.8 Å². The number of carbonyl (C=O) groups is 2. The Kier molecular flexibility index (Phi) is 7.75. The Hall–Kier alpha value is -2.45. The molecule has 158 valence electrons. The average molecular weight is 421 g/mol. The van der Waals surface area contributed by atoms with Crippen LogP contribution in [-0.2, 0) is 0 Å². The maximum absolute atomic E-state index is 12.7. The Labute approximate surface area is 177 Å². The summed E-state index contributed by atoms with van der Waals surface area (Å²) in [4.78, 5) is 25.1. The normalized spacial score (nSPS) is 14.4. The lowest BCUT2D eigenvalue weighted by atomic mass is 10.1. The van der Waals surface area contributed by atoms with Gasteiger partial charge in [0.2, 0.25) is 0 Å². The zero-order valence-electron chi connectivity index (χ0n) is 17.3. The van der Waals surface area contributed by atoms with Gasteiger partial charge in [0, 0.05) is 17.3 Å². The summed E-state index contributed by atoms with van der Waals surface area (Å²) in [5.41, 5.74) is 3.02. The minimum absolute atomic E-state index is 0. The van der Waals surface area contributed by atoms with Crippen LogP contribution < -0.4 is 16.0 Å². The van der Waals surface area contributed by atoms with E-state index in [4.69, 9.17) is 0 Å². The molecule has 2 heterocycles. The summed E-state index contributed by atoms with van der Waals surface area (Å²) in [7, 11) is 0. The van der Waals surface area contributed by atoms with Crippen LogP contribution in [0.25, 0.3) is 0 Å². The molecule has 1 aliphatic heterocycles. The van der Waals surface area contributed by atoms with Crippen LogP contribution in [0.3, 0.4) is 0 Å². The van der Waals surface area contributed by atoms with E-state index in [1.807, 2.05) is 38.4 Å². The molecule has 1 aliphatic rings. The summed E-state index contributed by atoms with van der Waals surface area (Å²) in [6.07, 6.45) is 1.94. The number of halogens is 1. The quantitative estimate of drug-likeness (QED) is 0.690. The number of aryl methyl sites for hydroxylation is 1. The van der Waals surface area contributed by atoms with Crippen LogP contribution in [0.4, 0.5) is 5.69 Å². The molecule has 1 aromatic heterocycles. The first-order valence-electron chi connectivity index (χ1n) is 9.72. The molecule has 0 saturated carbocycles. The van der Waals surface area contributed by atoms with Gasteiger partial charge in [-0.1, -0.05) is 11.3 Å². The van der Waals surface area contributed by atoms with Crippen molar-refractivity contribution in [3.63, 3.8) is 0 Å². The Morgan fingerprint density at radius 3 is 2.52 bits per heavy atom. The summed E-state index contributed by atoms with van der Waals surface area (Å²) in [5.74, 6) is -0.478. The van der Waals surface area contributed by atoms with Crippen LogP contribution in [0, 0.1) is 13.8 Å². The van der Waals surface area contributed by atoms with Crippen LogP contribution in [0.2, 0.25) is 0 Å². The summed E-state index contributed by atoms with van der Waals surface area (Å²) < 4.78 is 1.85. The molecule has 0 spiro atoms. The molecular weight excluding hydrogens is 392 g/mol. The van der Waals surface area contributed by atoms with Crippen LogP contribution >= 0.6 is 12.4 Å². The van der Waals surface area contributed by atoms with E-state index in [2.05, 4.69) is 26.3 Å². The third-order valence-corrected chi connectivity index (χ3v) is 4.96. The molecule has 1 saturated heterocycles. The third kappa shape index (κ3) is 5.33. The highest BCUT2D eigenvalue weighted by atomic mass is 35.5. The van der Waals surface area contributed by atoms with Gasteiger partial charge in [-0.2, -0.15) is 0 Å². The maximum Gasteiger partial charge on any atom is 0.278 e. The SMILES string of the molecule is Cc1ccc(NC(=O)c2nnn(C3CCNCC3)c2C)cc1C(=O)NC(C)C.Cl. The summed E-state index contributed by atoms with van der Waals surface area (Å²) in [5, 5.41) is 17.4. The van der Waals surface area contributed by atoms with Gasteiger partial charge >= 0.3 is 0 Å². The Morgan fingerprint density at radius 1 is 1.17 bits per heavy atom. The van der Waals surface area contributed by atoms with E-state index in [9.17, 15) is 9.59 Å². The molecule has 1 fully saturated rings. The second-order valence-corrected chi connectivity index (χ2v) is 7.56. The fourth-order valence-electron chi connectivity index (χ4n) is 3.42. The first-order chi connectivity index (χ1) is 13.4.